The van der Waals surface area contributed by atoms with E-state index in [-0.39, 0.29) is 5.56 Å². The number of aromatic nitrogens is 2. The third-order valence-corrected chi connectivity index (χ3v) is 2.28. The summed E-state index contributed by atoms with van der Waals surface area (Å²) in [5, 5.41) is 9.82. The Morgan fingerprint density at radius 3 is 3.00 bits per heavy atom. The highest BCUT2D eigenvalue weighted by Crippen LogP contribution is 2.22. The molecule has 0 unspecified atom stereocenters. The SMILES string of the molecule is Cn1cc(C(=O)O)c2cc(Cl)ncc21. The minimum Gasteiger partial charge on any atom is -0.478 e. The Hall–Kier alpha value is -1.55. The van der Waals surface area contributed by atoms with E-state index in [0.717, 1.165) is 5.52 Å². The van der Waals surface area contributed by atoms with Gasteiger partial charge in [-0.05, 0) is 6.07 Å². The van der Waals surface area contributed by atoms with E-state index < -0.39 is 5.97 Å². The van der Waals surface area contributed by atoms with Crippen molar-refractivity contribution in [3.8, 4) is 0 Å². The Bertz CT molecular complexity index is 519. The van der Waals surface area contributed by atoms with Gasteiger partial charge in [-0.15, -0.1) is 0 Å². The van der Waals surface area contributed by atoms with Gasteiger partial charge in [-0.2, -0.15) is 0 Å². The Morgan fingerprint density at radius 1 is 1.64 bits per heavy atom. The van der Waals surface area contributed by atoms with Crippen LogP contribution >= 0.6 is 11.6 Å². The zero-order chi connectivity index (χ0) is 10.3. The van der Waals surface area contributed by atoms with Gasteiger partial charge in [0.1, 0.15) is 5.15 Å². The summed E-state index contributed by atoms with van der Waals surface area (Å²) in [5.41, 5.74) is 0.999. The van der Waals surface area contributed by atoms with E-state index in [2.05, 4.69) is 4.98 Å². The van der Waals surface area contributed by atoms with Crippen molar-refractivity contribution in [2.24, 2.45) is 7.05 Å². The minimum atomic E-state index is -0.960. The second-order valence-electron chi connectivity index (χ2n) is 2.98. The van der Waals surface area contributed by atoms with E-state index in [0.29, 0.717) is 10.5 Å². The number of halogens is 1. The molecular weight excluding hydrogens is 204 g/mol. The van der Waals surface area contributed by atoms with Gasteiger partial charge >= 0.3 is 5.97 Å². The van der Waals surface area contributed by atoms with Crippen LogP contribution in [0.25, 0.3) is 10.9 Å². The number of hydrogen-bond donors (Lipinski definition) is 1. The molecule has 0 bridgehead atoms. The van der Waals surface area contributed by atoms with Crippen LogP contribution in [0.1, 0.15) is 10.4 Å². The summed E-state index contributed by atoms with van der Waals surface area (Å²) in [4.78, 5) is 14.8. The molecule has 0 spiro atoms. The highest BCUT2D eigenvalue weighted by Gasteiger charge is 2.12. The van der Waals surface area contributed by atoms with Crippen LogP contribution in [0.15, 0.2) is 18.5 Å². The minimum absolute atomic E-state index is 0.242. The third-order valence-electron chi connectivity index (χ3n) is 2.07. The molecule has 1 N–H and O–H groups in total. The lowest BCUT2D eigenvalue weighted by atomic mass is 10.2. The predicted molar refractivity (Wildman–Crippen MR) is 52.7 cm³/mol. The number of hydrogen-bond acceptors (Lipinski definition) is 2. The molecule has 2 aromatic heterocycles. The van der Waals surface area contributed by atoms with Gasteiger partial charge < -0.3 is 9.67 Å². The first kappa shape index (κ1) is 9.02. The summed E-state index contributed by atoms with van der Waals surface area (Å²) in [7, 11) is 1.77. The molecule has 0 atom stereocenters. The number of carboxylic acid groups (broad SMARTS) is 1. The Morgan fingerprint density at radius 2 is 2.36 bits per heavy atom. The maximum Gasteiger partial charge on any atom is 0.337 e. The number of carbonyl (C=O) groups is 1. The maximum absolute atomic E-state index is 10.9. The number of pyridine rings is 1. The molecule has 0 amide bonds. The summed E-state index contributed by atoms with van der Waals surface area (Å²) >= 11 is 5.69. The number of carboxylic acids is 1. The first-order valence-electron chi connectivity index (χ1n) is 3.93. The van der Waals surface area contributed by atoms with E-state index >= 15 is 0 Å². The molecule has 2 aromatic rings. The van der Waals surface area contributed by atoms with Gasteiger partial charge in [0, 0.05) is 18.6 Å². The van der Waals surface area contributed by atoms with E-state index in [1.807, 2.05) is 0 Å². The van der Waals surface area contributed by atoms with Crippen LogP contribution in [0.2, 0.25) is 5.15 Å². The highest BCUT2D eigenvalue weighted by atomic mass is 35.5. The van der Waals surface area contributed by atoms with Crippen molar-refractivity contribution in [1.82, 2.24) is 9.55 Å². The van der Waals surface area contributed by atoms with Gasteiger partial charge in [-0.25, -0.2) is 9.78 Å². The van der Waals surface area contributed by atoms with E-state index in [1.54, 1.807) is 30.1 Å². The molecule has 5 heteroatoms. The van der Waals surface area contributed by atoms with Crippen molar-refractivity contribution in [2.45, 2.75) is 0 Å². The standard InChI is InChI=1S/C9H7ClN2O2/c1-12-4-6(9(13)14)5-2-8(10)11-3-7(5)12/h2-4H,1H3,(H,13,14). The number of aryl methyl sites for hydroxylation is 1. The number of rotatable bonds is 1. The Kier molecular flexibility index (Phi) is 1.93. The van der Waals surface area contributed by atoms with Crippen molar-refractivity contribution in [3.05, 3.63) is 29.2 Å². The summed E-state index contributed by atoms with van der Waals surface area (Å²) < 4.78 is 1.71. The first-order chi connectivity index (χ1) is 6.59. The average molecular weight is 211 g/mol. The van der Waals surface area contributed by atoms with Gasteiger partial charge in [0.25, 0.3) is 0 Å². The molecule has 0 saturated heterocycles. The molecular formula is C9H7ClN2O2. The lowest BCUT2D eigenvalue weighted by Gasteiger charge is -1.94. The first-order valence-corrected chi connectivity index (χ1v) is 4.31. The van der Waals surface area contributed by atoms with Gasteiger partial charge in [0.2, 0.25) is 0 Å². The predicted octanol–water partition coefficient (Wildman–Crippen LogP) is 1.92. The summed E-state index contributed by atoms with van der Waals surface area (Å²) in [6.07, 6.45) is 3.11. The summed E-state index contributed by atoms with van der Waals surface area (Å²) in [6.45, 7) is 0. The van der Waals surface area contributed by atoms with Gasteiger partial charge in [0.15, 0.2) is 0 Å². The van der Waals surface area contributed by atoms with Crippen LogP contribution in [-0.2, 0) is 7.05 Å². The Balaban J connectivity index is 2.85. The van der Waals surface area contributed by atoms with Crippen molar-refractivity contribution in [1.29, 1.82) is 0 Å². The van der Waals surface area contributed by atoms with E-state index in [4.69, 9.17) is 16.7 Å². The van der Waals surface area contributed by atoms with Crippen LogP contribution in [0.4, 0.5) is 0 Å². The van der Waals surface area contributed by atoms with Crippen LogP contribution in [0.5, 0.6) is 0 Å². The van der Waals surface area contributed by atoms with E-state index in [9.17, 15) is 4.79 Å². The molecule has 0 aliphatic rings. The van der Waals surface area contributed by atoms with Crippen molar-refractivity contribution < 1.29 is 9.90 Å². The smallest absolute Gasteiger partial charge is 0.337 e. The lowest BCUT2D eigenvalue weighted by Crippen LogP contribution is -1.93. The maximum atomic E-state index is 10.9. The molecule has 72 valence electrons. The fourth-order valence-corrected chi connectivity index (χ4v) is 1.58. The van der Waals surface area contributed by atoms with Crippen LogP contribution in [0, 0.1) is 0 Å². The molecule has 14 heavy (non-hydrogen) atoms. The molecule has 0 aliphatic carbocycles. The second kappa shape index (κ2) is 2.99. The lowest BCUT2D eigenvalue weighted by molar-refractivity contribution is 0.0699. The zero-order valence-electron chi connectivity index (χ0n) is 7.36. The summed E-state index contributed by atoms with van der Waals surface area (Å²) in [5.74, 6) is -0.960. The normalized spacial score (nSPS) is 10.7. The van der Waals surface area contributed by atoms with Crippen LogP contribution < -0.4 is 0 Å². The molecule has 2 rings (SSSR count). The largest absolute Gasteiger partial charge is 0.478 e. The fourth-order valence-electron chi connectivity index (χ4n) is 1.42. The monoisotopic (exact) mass is 210 g/mol. The van der Waals surface area contributed by atoms with Crippen molar-refractivity contribution >= 4 is 28.5 Å². The Labute approximate surface area is 84.7 Å². The molecule has 0 saturated carbocycles. The second-order valence-corrected chi connectivity index (χ2v) is 3.37. The van der Waals surface area contributed by atoms with Gasteiger partial charge in [-0.3, -0.25) is 0 Å². The number of aromatic carboxylic acids is 1. The van der Waals surface area contributed by atoms with Crippen molar-refractivity contribution in [2.75, 3.05) is 0 Å². The third kappa shape index (κ3) is 1.24. The zero-order valence-corrected chi connectivity index (χ0v) is 8.12. The highest BCUT2D eigenvalue weighted by molar-refractivity contribution is 6.30. The molecule has 0 aromatic carbocycles. The van der Waals surface area contributed by atoms with Crippen LogP contribution in [-0.4, -0.2) is 20.6 Å². The summed E-state index contributed by atoms with van der Waals surface area (Å²) in [6, 6.07) is 1.56. The number of nitrogens with zero attached hydrogens (tertiary/aromatic N) is 2. The molecule has 0 radical (unpaired) electrons. The fraction of sp³-hybridized carbons (Fsp3) is 0.111. The molecule has 0 fully saturated rings. The van der Waals surface area contributed by atoms with Gasteiger partial charge in [0.05, 0.1) is 17.3 Å². The van der Waals surface area contributed by atoms with E-state index in [1.165, 1.54) is 0 Å². The average Bonchev–Trinajstić information content (AvgIpc) is 2.43. The molecule has 4 nitrogen and oxygen atoms in total. The quantitative estimate of drug-likeness (QED) is 0.732. The van der Waals surface area contributed by atoms with Gasteiger partial charge in [-0.1, -0.05) is 11.6 Å². The van der Waals surface area contributed by atoms with Crippen molar-refractivity contribution in [3.63, 3.8) is 0 Å². The molecule has 0 aliphatic heterocycles. The van der Waals surface area contributed by atoms with Crippen LogP contribution in [0.3, 0.4) is 0 Å². The number of fused-ring (bicyclic) bond motifs is 1. The molecule has 2 heterocycles. The topological polar surface area (TPSA) is 55.1 Å².